The average molecular weight is 397 g/mol. The van der Waals surface area contributed by atoms with Gasteiger partial charge in [0.2, 0.25) is 0 Å². The maximum absolute atomic E-state index is 13.6. The van der Waals surface area contributed by atoms with E-state index in [1.165, 1.54) is 42.5 Å². The van der Waals surface area contributed by atoms with Crippen LogP contribution in [-0.4, -0.2) is 36.7 Å². The highest BCUT2D eigenvalue weighted by molar-refractivity contribution is 5.70. The monoisotopic (exact) mass is 396 g/mol. The maximum Gasteiger partial charge on any atom is 0.410 e. The molecule has 1 aliphatic heterocycles. The second-order valence-electron chi connectivity index (χ2n) is 9.27. The van der Waals surface area contributed by atoms with Crippen molar-refractivity contribution in [1.29, 1.82) is 0 Å². The summed E-state index contributed by atoms with van der Waals surface area (Å²) >= 11 is 0. The zero-order valence-electron chi connectivity index (χ0n) is 17.0. The predicted molar refractivity (Wildman–Crippen MR) is 110 cm³/mol. The summed E-state index contributed by atoms with van der Waals surface area (Å²) in [5.41, 5.74) is 3.91. The zero-order chi connectivity index (χ0) is 20.1. The Bertz CT molecular complexity index is 865. The molecule has 0 bridgehead atoms. The molecule has 0 radical (unpaired) electrons. The summed E-state index contributed by atoms with van der Waals surface area (Å²) in [6.07, 6.45) is 12.2. The first-order chi connectivity index (χ1) is 14.0. The Morgan fingerprint density at radius 3 is 2.62 bits per heavy atom. The average Bonchev–Trinajstić information content (AvgIpc) is 3.51. The lowest BCUT2D eigenvalue weighted by Crippen LogP contribution is -2.44. The molecule has 0 saturated heterocycles. The van der Waals surface area contributed by atoms with Gasteiger partial charge >= 0.3 is 6.09 Å². The van der Waals surface area contributed by atoms with Gasteiger partial charge in [0.25, 0.3) is 0 Å². The van der Waals surface area contributed by atoms with E-state index >= 15 is 0 Å². The van der Waals surface area contributed by atoms with Crippen LogP contribution in [0.3, 0.4) is 0 Å². The Hall–Kier alpha value is -2.14. The number of ether oxygens (including phenoxy) is 1. The summed E-state index contributed by atoms with van der Waals surface area (Å²) in [6.45, 7) is 1.05. The Labute approximate surface area is 171 Å². The van der Waals surface area contributed by atoms with E-state index in [-0.39, 0.29) is 23.5 Å². The fourth-order valence-corrected chi connectivity index (χ4v) is 5.12. The molecule has 29 heavy (non-hydrogen) atoms. The van der Waals surface area contributed by atoms with Crippen LogP contribution in [0.4, 0.5) is 9.18 Å². The largest absolute Gasteiger partial charge is 0.447 e. The van der Waals surface area contributed by atoms with Crippen LogP contribution >= 0.6 is 0 Å². The topological polar surface area (TPSA) is 41.6 Å². The van der Waals surface area contributed by atoms with Gasteiger partial charge in [0, 0.05) is 6.54 Å². The molecule has 4 nitrogen and oxygen atoms in total. The van der Waals surface area contributed by atoms with E-state index < -0.39 is 0 Å². The summed E-state index contributed by atoms with van der Waals surface area (Å²) in [5, 5.41) is 3.27. The van der Waals surface area contributed by atoms with Gasteiger partial charge in [-0.25, -0.2) is 9.18 Å². The van der Waals surface area contributed by atoms with E-state index in [9.17, 15) is 9.18 Å². The lowest BCUT2D eigenvalue weighted by molar-refractivity contribution is 0.0773. The number of benzene rings is 1. The molecular weight excluding hydrogens is 367 g/mol. The number of carbonyl (C=O) groups excluding carboxylic acids is 1. The van der Waals surface area contributed by atoms with Crippen molar-refractivity contribution >= 4 is 6.09 Å². The third-order valence-corrected chi connectivity index (χ3v) is 7.48. The third kappa shape index (κ3) is 3.39. The molecule has 1 amide bonds. The normalized spacial score (nSPS) is 26.1. The highest BCUT2D eigenvalue weighted by atomic mass is 19.1. The van der Waals surface area contributed by atoms with Crippen LogP contribution in [0.5, 0.6) is 0 Å². The maximum atomic E-state index is 13.6. The molecule has 0 unspecified atom stereocenters. The minimum Gasteiger partial charge on any atom is -0.447 e. The molecule has 0 aromatic heterocycles. The van der Waals surface area contributed by atoms with Crippen LogP contribution in [0, 0.1) is 11.2 Å². The summed E-state index contributed by atoms with van der Waals surface area (Å²) in [5.74, 6) is -0.259. The van der Waals surface area contributed by atoms with Crippen molar-refractivity contribution in [3.8, 4) is 0 Å². The Morgan fingerprint density at radius 1 is 1.24 bits per heavy atom. The number of likely N-dealkylation sites (N-methyl/N-ethyl adjacent to an activating group) is 1. The van der Waals surface area contributed by atoms with Gasteiger partial charge in [-0.05, 0) is 74.3 Å². The van der Waals surface area contributed by atoms with Crippen molar-refractivity contribution in [3.05, 3.63) is 58.9 Å². The lowest BCUT2D eigenvalue weighted by atomic mass is 9.61. The number of rotatable bonds is 4. The molecule has 4 aliphatic rings. The Balaban J connectivity index is 1.42. The van der Waals surface area contributed by atoms with Gasteiger partial charge in [-0.1, -0.05) is 36.3 Å². The van der Waals surface area contributed by atoms with Gasteiger partial charge in [0.15, 0.2) is 0 Å². The summed E-state index contributed by atoms with van der Waals surface area (Å²) in [7, 11) is 1.92. The van der Waals surface area contributed by atoms with Gasteiger partial charge < -0.3 is 10.1 Å². The molecule has 1 N–H and O–H groups in total. The van der Waals surface area contributed by atoms with Crippen LogP contribution < -0.4 is 5.32 Å². The molecule has 1 atom stereocenters. The highest BCUT2D eigenvalue weighted by Gasteiger charge is 2.45. The van der Waals surface area contributed by atoms with Crippen molar-refractivity contribution < 1.29 is 13.9 Å². The summed E-state index contributed by atoms with van der Waals surface area (Å²) in [6, 6.07) is 6.36. The molecule has 1 spiro atoms. The van der Waals surface area contributed by atoms with Crippen LogP contribution in [-0.2, 0) is 4.74 Å². The molecule has 1 aromatic rings. The van der Waals surface area contributed by atoms with E-state index in [0.717, 1.165) is 31.2 Å². The van der Waals surface area contributed by atoms with E-state index in [2.05, 4.69) is 17.5 Å². The van der Waals surface area contributed by atoms with Crippen molar-refractivity contribution in [2.75, 3.05) is 20.2 Å². The lowest BCUT2D eigenvalue weighted by Gasteiger charge is -2.47. The number of halogens is 1. The standard InChI is InChI=1S/C24H29FN2O2/c1-26-24(12-13-24)16-29-22(28)27-14-8-18-15-23(9-2-10-23)11-7-20(18)21(27)17-3-5-19(25)6-4-17/h3-7,11,21,26H,2,8-10,12-16H2,1H3/t21-/m0/s1. The second kappa shape index (κ2) is 6.98. The molecule has 2 fully saturated rings. The van der Waals surface area contributed by atoms with Gasteiger partial charge in [0.05, 0.1) is 11.6 Å². The van der Waals surface area contributed by atoms with Crippen molar-refractivity contribution in [3.63, 3.8) is 0 Å². The number of nitrogens with one attached hydrogen (secondary N) is 1. The fraction of sp³-hybridized carbons (Fsp3) is 0.542. The molecular formula is C24H29FN2O2. The SMILES string of the molecule is CNC1(COC(=O)N2CCC3=C(C=CC4(CCC4)C3)[C@@H]2c2ccc(F)cc2)CC1. The van der Waals surface area contributed by atoms with Crippen molar-refractivity contribution in [2.24, 2.45) is 5.41 Å². The van der Waals surface area contributed by atoms with E-state index in [0.29, 0.717) is 18.6 Å². The van der Waals surface area contributed by atoms with Crippen LogP contribution in [0.2, 0.25) is 0 Å². The molecule has 5 heteroatoms. The minimum atomic E-state index is -0.273. The number of allylic oxidation sites excluding steroid dienone is 1. The zero-order valence-corrected chi connectivity index (χ0v) is 17.0. The summed E-state index contributed by atoms with van der Waals surface area (Å²) in [4.78, 5) is 14.9. The molecule has 1 aromatic carbocycles. The molecule has 1 heterocycles. The van der Waals surface area contributed by atoms with Gasteiger partial charge in [-0.15, -0.1) is 0 Å². The van der Waals surface area contributed by atoms with Crippen LogP contribution in [0.1, 0.15) is 56.6 Å². The van der Waals surface area contributed by atoms with E-state index in [4.69, 9.17) is 4.74 Å². The molecule has 2 saturated carbocycles. The number of amides is 1. The van der Waals surface area contributed by atoms with Gasteiger partial charge in [0.1, 0.15) is 12.4 Å². The molecule has 5 rings (SSSR count). The Morgan fingerprint density at radius 2 is 2.00 bits per heavy atom. The minimum absolute atomic E-state index is 0.0391. The van der Waals surface area contributed by atoms with E-state index in [1.54, 1.807) is 12.1 Å². The first-order valence-electron chi connectivity index (χ1n) is 10.8. The smallest absolute Gasteiger partial charge is 0.410 e. The third-order valence-electron chi connectivity index (χ3n) is 7.48. The van der Waals surface area contributed by atoms with Crippen molar-refractivity contribution in [1.82, 2.24) is 10.2 Å². The fourth-order valence-electron chi connectivity index (χ4n) is 5.12. The quantitative estimate of drug-likeness (QED) is 0.788. The van der Waals surface area contributed by atoms with Crippen molar-refractivity contribution in [2.45, 2.75) is 56.5 Å². The first kappa shape index (κ1) is 18.9. The predicted octanol–water partition coefficient (Wildman–Crippen LogP) is 4.89. The highest BCUT2D eigenvalue weighted by Crippen LogP contribution is 2.53. The summed E-state index contributed by atoms with van der Waals surface area (Å²) < 4.78 is 19.3. The van der Waals surface area contributed by atoms with Gasteiger partial charge in [-0.2, -0.15) is 0 Å². The van der Waals surface area contributed by atoms with Crippen LogP contribution in [0.25, 0.3) is 0 Å². The number of hydrogen-bond acceptors (Lipinski definition) is 3. The molecule has 154 valence electrons. The van der Waals surface area contributed by atoms with Gasteiger partial charge in [-0.3, -0.25) is 4.90 Å². The second-order valence-corrected chi connectivity index (χ2v) is 9.27. The number of nitrogens with zero attached hydrogens (tertiary/aromatic N) is 1. The first-order valence-corrected chi connectivity index (χ1v) is 10.8. The number of hydrogen-bond donors (Lipinski definition) is 1. The van der Waals surface area contributed by atoms with Crippen LogP contribution in [0.15, 0.2) is 47.6 Å². The number of carbonyl (C=O) groups is 1. The molecule has 3 aliphatic carbocycles. The van der Waals surface area contributed by atoms with E-state index in [1.807, 2.05) is 11.9 Å². The Kier molecular flexibility index (Phi) is 4.54.